The number of fused-ring (bicyclic) bond motifs is 1. The Morgan fingerprint density at radius 2 is 1.62 bits per heavy atom. The lowest BCUT2D eigenvalue weighted by Crippen LogP contribution is -2.56. The average Bonchev–Trinajstić information content (AvgIpc) is 2.85. The molecular formula is C25H30N4O5. The summed E-state index contributed by atoms with van der Waals surface area (Å²) in [6.45, 7) is 6.94. The van der Waals surface area contributed by atoms with E-state index in [1.165, 1.54) is 0 Å². The highest BCUT2D eigenvalue weighted by Gasteiger charge is 2.28. The molecule has 9 heteroatoms. The number of ether oxygens (including phenoxy) is 2. The molecule has 1 fully saturated rings. The van der Waals surface area contributed by atoms with Gasteiger partial charge in [-0.25, -0.2) is 4.79 Å². The predicted octanol–water partition coefficient (Wildman–Crippen LogP) is 2.19. The standard InChI is InChI=1S/C25H30N4O5/c1-17-3-5-19(6-4-17)15-23(30)29-11-9-28(10-12-29)18(2)24(31)27-25(32)26-20-7-8-21-22(16-20)34-14-13-33-21/h3-8,16,18H,9-15H2,1-2H3,(H2,26,27,31,32). The van der Waals surface area contributed by atoms with Crippen LogP contribution < -0.4 is 20.1 Å². The minimum atomic E-state index is -0.611. The van der Waals surface area contributed by atoms with Crippen LogP contribution in [0.3, 0.4) is 0 Å². The number of carbonyl (C=O) groups excluding carboxylic acids is 3. The lowest BCUT2D eigenvalue weighted by molar-refractivity contribution is -0.133. The van der Waals surface area contributed by atoms with Crippen molar-refractivity contribution in [1.82, 2.24) is 15.1 Å². The molecule has 2 aromatic rings. The molecule has 0 radical (unpaired) electrons. The van der Waals surface area contributed by atoms with Gasteiger partial charge in [0.2, 0.25) is 11.8 Å². The summed E-state index contributed by atoms with van der Waals surface area (Å²) >= 11 is 0. The van der Waals surface area contributed by atoms with Gasteiger partial charge in [0.25, 0.3) is 0 Å². The number of hydrogen-bond acceptors (Lipinski definition) is 6. The molecule has 2 aliphatic rings. The molecule has 0 saturated carbocycles. The number of urea groups is 1. The Kier molecular flexibility index (Phi) is 7.32. The van der Waals surface area contributed by atoms with Crippen molar-refractivity contribution in [2.75, 3.05) is 44.7 Å². The van der Waals surface area contributed by atoms with E-state index in [-0.39, 0.29) is 5.91 Å². The molecule has 2 aromatic carbocycles. The molecule has 9 nitrogen and oxygen atoms in total. The first-order chi connectivity index (χ1) is 16.4. The van der Waals surface area contributed by atoms with Crippen LogP contribution >= 0.6 is 0 Å². The SMILES string of the molecule is Cc1ccc(CC(=O)N2CCN(C(C)C(=O)NC(=O)Nc3ccc4c(c3)OCCO4)CC2)cc1. The number of nitrogens with zero attached hydrogens (tertiary/aromatic N) is 2. The fourth-order valence-electron chi connectivity index (χ4n) is 4.02. The first-order valence-electron chi connectivity index (χ1n) is 11.5. The van der Waals surface area contributed by atoms with E-state index in [1.807, 2.05) is 41.0 Å². The van der Waals surface area contributed by atoms with Crippen molar-refractivity contribution in [3.8, 4) is 11.5 Å². The van der Waals surface area contributed by atoms with Crippen molar-refractivity contribution < 1.29 is 23.9 Å². The maximum absolute atomic E-state index is 12.6. The van der Waals surface area contributed by atoms with E-state index < -0.39 is 18.0 Å². The van der Waals surface area contributed by atoms with E-state index in [1.54, 1.807) is 25.1 Å². The van der Waals surface area contributed by atoms with E-state index in [4.69, 9.17) is 9.47 Å². The van der Waals surface area contributed by atoms with Crippen LogP contribution in [-0.2, 0) is 16.0 Å². The first-order valence-corrected chi connectivity index (χ1v) is 11.5. The Bertz CT molecular complexity index is 1050. The number of anilines is 1. The molecule has 180 valence electrons. The van der Waals surface area contributed by atoms with Gasteiger partial charge in [-0.3, -0.25) is 19.8 Å². The van der Waals surface area contributed by atoms with Gasteiger partial charge in [-0.1, -0.05) is 29.8 Å². The second-order valence-electron chi connectivity index (χ2n) is 8.56. The minimum Gasteiger partial charge on any atom is -0.486 e. The summed E-state index contributed by atoms with van der Waals surface area (Å²) in [6.07, 6.45) is 0.371. The Morgan fingerprint density at radius 1 is 0.941 bits per heavy atom. The van der Waals surface area contributed by atoms with Gasteiger partial charge in [0.1, 0.15) is 13.2 Å². The molecule has 0 spiro atoms. The van der Waals surface area contributed by atoms with Crippen molar-refractivity contribution in [2.24, 2.45) is 0 Å². The Morgan fingerprint density at radius 3 is 2.32 bits per heavy atom. The maximum atomic E-state index is 12.6. The number of piperazine rings is 1. The number of benzene rings is 2. The van der Waals surface area contributed by atoms with Crippen LogP contribution in [-0.4, -0.2) is 73.1 Å². The van der Waals surface area contributed by atoms with Gasteiger partial charge in [0, 0.05) is 37.9 Å². The van der Waals surface area contributed by atoms with Crippen molar-refractivity contribution in [2.45, 2.75) is 26.3 Å². The summed E-state index contributed by atoms with van der Waals surface area (Å²) in [6, 6.07) is 11.9. The predicted molar refractivity (Wildman–Crippen MR) is 127 cm³/mol. The molecular weight excluding hydrogens is 436 g/mol. The summed E-state index contributed by atoms with van der Waals surface area (Å²) in [7, 11) is 0. The van der Waals surface area contributed by atoms with Crippen LogP contribution in [0.1, 0.15) is 18.1 Å². The highest BCUT2D eigenvalue weighted by atomic mass is 16.6. The van der Waals surface area contributed by atoms with Crippen LogP contribution in [0.4, 0.5) is 10.5 Å². The third kappa shape index (κ3) is 5.85. The summed E-state index contributed by atoms with van der Waals surface area (Å²) in [5, 5.41) is 5.04. The third-order valence-corrected chi connectivity index (χ3v) is 6.11. The van der Waals surface area contributed by atoms with E-state index in [0.29, 0.717) is 63.0 Å². The summed E-state index contributed by atoms with van der Waals surface area (Å²) in [4.78, 5) is 41.4. The molecule has 2 heterocycles. The van der Waals surface area contributed by atoms with Gasteiger partial charge in [-0.2, -0.15) is 0 Å². The quantitative estimate of drug-likeness (QED) is 0.701. The normalized spacial score (nSPS) is 16.5. The Balaban J connectivity index is 1.23. The van der Waals surface area contributed by atoms with E-state index in [2.05, 4.69) is 10.6 Å². The van der Waals surface area contributed by atoms with Gasteiger partial charge in [-0.15, -0.1) is 0 Å². The van der Waals surface area contributed by atoms with E-state index in [9.17, 15) is 14.4 Å². The van der Waals surface area contributed by atoms with Crippen LogP contribution in [0.25, 0.3) is 0 Å². The average molecular weight is 467 g/mol. The maximum Gasteiger partial charge on any atom is 0.325 e. The zero-order valence-electron chi connectivity index (χ0n) is 19.5. The molecule has 4 amide bonds. The number of rotatable bonds is 5. The number of nitrogens with one attached hydrogen (secondary N) is 2. The molecule has 0 aromatic heterocycles. The zero-order valence-corrected chi connectivity index (χ0v) is 19.5. The fraction of sp³-hybridized carbons (Fsp3) is 0.400. The zero-order chi connectivity index (χ0) is 24.1. The van der Waals surface area contributed by atoms with Crippen LogP contribution in [0, 0.1) is 6.92 Å². The van der Waals surface area contributed by atoms with Gasteiger partial charge in [0.05, 0.1) is 12.5 Å². The highest BCUT2D eigenvalue weighted by Crippen LogP contribution is 2.32. The number of carbonyl (C=O) groups is 3. The second-order valence-corrected chi connectivity index (χ2v) is 8.56. The van der Waals surface area contributed by atoms with Crippen molar-refractivity contribution >= 4 is 23.5 Å². The smallest absolute Gasteiger partial charge is 0.325 e. The molecule has 2 N–H and O–H groups in total. The number of hydrogen-bond donors (Lipinski definition) is 2. The molecule has 2 aliphatic heterocycles. The van der Waals surface area contributed by atoms with Crippen molar-refractivity contribution in [3.05, 3.63) is 53.6 Å². The summed E-state index contributed by atoms with van der Waals surface area (Å²) < 4.78 is 11.0. The lowest BCUT2D eigenvalue weighted by atomic mass is 10.1. The van der Waals surface area contributed by atoms with Crippen molar-refractivity contribution in [1.29, 1.82) is 0 Å². The molecule has 1 atom stereocenters. The largest absolute Gasteiger partial charge is 0.486 e. The second kappa shape index (κ2) is 10.6. The molecule has 0 bridgehead atoms. The minimum absolute atomic E-state index is 0.0828. The van der Waals surface area contributed by atoms with Gasteiger partial charge in [0.15, 0.2) is 11.5 Å². The number of imide groups is 1. The Labute approximate surface area is 199 Å². The van der Waals surface area contributed by atoms with Crippen molar-refractivity contribution in [3.63, 3.8) is 0 Å². The lowest BCUT2D eigenvalue weighted by Gasteiger charge is -2.37. The first kappa shape index (κ1) is 23.6. The van der Waals surface area contributed by atoms with Crippen LogP contribution in [0.2, 0.25) is 0 Å². The highest BCUT2D eigenvalue weighted by molar-refractivity contribution is 6.02. The Hall–Kier alpha value is -3.59. The van der Waals surface area contributed by atoms with Gasteiger partial charge in [-0.05, 0) is 31.5 Å². The third-order valence-electron chi connectivity index (χ3n) is 6.11. The monoisotopic (exact) mass is 466 g/mol. The summed E-state index contributed by atoms with van der Waals surface area (Å²) in [5.41, 5.74) is 2.66. The van der Waals surface area contributed by atoms with E-state index >= 15 is 0 Å². The fourth-order valence-corrected chi connectivity index (χ4v) is 4.02. The van der Waals surface area contributed by atoms with E-state index in [0.717, 1.165) is 11.1 Å². The molecule has 4 rings (SSSR count). The number of aryl methyl sites for hydroxylation is 1. The summed E-state index contributed by atoms with van der Waals surface area (Å²) in [5.74, 6) is 0.867. The van der Waals surface area contributed by atoms with Gasteiger partial charge >= 0.3 is 6.03 Å². The topological polar surface area (TPSA) is 100 Å². The number of amides is 4. The molecule has 34 heavy (non-hydrogen) atoms. The molecule has 0 aliphatic carbocycles. The van der Waals surface area contributed by atoms with Crippen LogP contribution in [0.15, 0.2) is 42.5 Å². The molecule has 1 unspecified atom stereocenters. The molecule has 1 saturated heterocycles. The van der Waals surface area contributed by atoms with Crippen LogP contribution in [0.5, 0.6) is 11.5 Å². The van der Waals surface area contributed by atoms with Gasteiger partial charge < -0.3 is 19.7 Å².